The third-order valence-electron chi connectivity index (χ3n) is 5.05. The van der Waals surface area contributed by atoms with Crippen LogP contribution in [0, 0.1) is 5.41 Å². The molecule has 2 aromatic rings. The highest BCUT2D eigenvalue weighted by atomic mass is 32.2. The van der Waals surface area contributed by atoms with Crippen LogP contribution >= 0.6 is 0 Å². The maximum Gasteiger partial charge on any atom is 0.166 e. The van der Waals surface area contributed by atoms with E-state index in [1.54, 1.807) is 0 Å². The summed E-state index contributed by atoms with van der Waals surface area (Å²) in [4.78, 5) is 4.20. The van der Waals surface area contributed by atoms with Crippen LogP contribution in [0.2, 0.25) is 0 Å². The summed E-state index contributed by atoms with van der Waals surface area (Å²) < 4.78 is 39.3. The molecule has 0 amide bonds. The average molecular weight is 350 g/mol. The van der Waals surface area contributed by atoms with Gasteiger partial charge in [0.1, 0.15) is 0 Å². The van der Waals surface area contributed by atoms with Gasteiger partial charge < -0.3 is 9.66 Å². The van der Waals surface area contributed by atoms with Crippen molar-refractivity contribution in [3.63, 3.8) is 0 Å². The molecule has 0 radical (unpaired) electrons. The minimum absolute atomic E-state index is 0.0909. The number of halogens is 1. The van der Waals surface area contributed by atoms with E-state index >= 15 is 0 Å². The summed E-state index contributed by atoms with van der Waals surface area (Å²) in [6, 6.07) is 9.13. The molecule has 1 fully saturated rings. The first-order valence-electron chi connectivity index (χ1n) is 7.90. The highest BCUT2D eigenvalue weighted by molar-refractivity contribution is 7.79. The van der Waals surface area contributed by atoms with Crippen LogP contribution in [-0.2, 0) is 11.1 Å². The molecule has 0 saturated heterocycles. The van der Waals surface area contributed by atoms with Gasteiger partial charge in [-0.15, -0.1) is 0 Å². The second-order valence-corrected chi connectivity index (χ2v) is 7.56. The lowest BCUT2D eigenvalue weighted by Gasteiger charge is -2.25. The number of fused-ring (bicyclic) bond motifs is 1. The molecule has 1 saturated carbocycles. The van der Waals surface area contributed by atoms with E-state index < -0.39 is 27.9 Å². The number of aliphatic hydroxyl groups excluding tert-OH is 1. The van der Waals surface area contributed by atoms with Gasteiger partial charge in [-0.05, 0) is 29.5 Å². The largest absolute Gasteiger partial charge is 0.772 e. The molecule has 4 rings (SSSR count). The van der Waals surface area contributed by atoms with E-state index in [1.807, 2.05) is 30.3 Å². The Morgan fingerprint density at radius 1 is 1.42 bits per heavy atom. The highest BCUT2D eigenvalue weighted by Crippen LogP contribution is 2.56. The molecule has 1 aliphatic heterocycles. The van der Waals surface area contributed by atoms with Gasteiger partial charge >= 0.3 is 0 Å². The summed E-state index contributed by atoms with van der Waals surface area (Å²) in [5.74, 6) is 0.260. The zero-order chi connectivity index (χ0) is 16.9. The number of rotatable bonds is 5. The van der Waals surface area contributed by atoms with Crippen LogP contribution in [-0.4, -0.2) is 35.2 Å². The molecule has 24 heavy (non-hydrogen) atoms. The van der Waals surface area contributed by atoms with Crippen molar-refractivity contribution in [2.75, 3.05) is 6.61 Å². The van der Waals surface area contributed by atoms with E-state index in [-0.39, 0.29) is 30.7 Å². The molecule has 1 aromatic carbocycles. The number of aliphatic hydroxyl groups is 1. The third-order valence-corrected chi connectivity index (χ3v) is 6.15. The molecule has 2 unspecified atom stereocenters. The van der Waals surface area contributed by atoms with Crippen LogP contribution in [0.1, 0.15) is 53.9 Å². The summed E-state index contributed by atoms with van der Waals surface area (Å²) in [6.07, 6.45) is 0.178. The van der Waals surface area contributed by atoms with Crippen LogP contribution in [0.3, 0.4) is 0 Å². The standard InChI is InChI=1S/C16H18FN3O3S/c17-11-8-12(10-4-2-1-3-5-10)20-15(11)18-14(19-20)13(24(22)23)16(9-21)6-7-16/h1-5,11-13,21H,6-9H2,(H,22,23)/p-1/t11-,12-,13?/m0/s1. The quantitative estimate of drug-likeness (QED) is 0.833. The molecule has 6 nitrogen and oxygen atoms in total. The fourth-order valence-corrected chi connectivity index (χ4v) is 4.48. The second-order valence-electron chi connectivity index (χ2n) is 6.56. The minimum Gasteiger partial charge on any atom is -0.772 e. The van der Waals surface area contributed by atoms with Gasteiger partial charge in [-0.1, -0.05) is 30.3 Å². The summed E-state index contributed by atoms with van der Waals surface area (Å²) >= 11 is -2.47. The van der Waals surface area contributed by atoms with Crippen LogP contribution < -0.4 is 0 Å². The second kappa shape index (κ2) is 5.72. The first kappa shape index (κ1) is 15.9. The fourth-order valence-electron chi connectivity index (χ4n) is 3.49. The molecular formula is C16H17FN3O3S-. The monoisotopic (exact) mass is 350 g/mol. The van der Waals surface area contributed by atoms with Crippen LogP contribution in [0.5, 0.6) is 0 Å². The summed E-state index contributed by atoms with van der Waals surface area (Å²) in [5.41, 5.74) is 0.196. The van der Waals surface area contributed by atoms with E-state index in [9.17, 15) is 18.3 Å². The normalized spacial score (nSPS) is 26.8. The maximum absolute atomic E-state index is 14.4. The van der Waals surface area contributed by atoms with Gasteiger partial charge in [0.25, 0.3) is 0 Å². The Morgan fingerprint density at radius 3 is 2.71 bits per heavy atom. The topological polar surface area (TPSA) is 91.1 Å². The van der Waals surface area contributed by atoms with Gasteiger partial charge in [-0.3, -0.25) is 4.21 Å². The molecule has 128 valence electrons. The van der Waals surface area contributed by atoms with Crippen molar-refractivity contribution in [1.82, 2.24) is 14.8 Å². The van der Waals surface area contributed by atoms with E-state index in [4.69, 9.17) is 0 Å². The molecule has 2 heterocycles. The van der Waals surface area contributed by atoms with Crippen molar-refractivity contribution in [3.8, 4) is 0 Å². The van der Waals surface area contributed by atoms with E-state index in [1.165, 1.54) is 4.68 Å². The zero-order valence-corrected chi connectivity index (χ0v) is 13.7. The smallest absolute Gasteiger partial charge is 0.166 e. The number of nitrogens with zero attached hydrogens (tertiary/aromatic N) is 3. The van der Waals surface area contributed by atoms with Crippen LogP contribution in [0.4, 0.5) is 4.39 Å². The molecule has 4 atom stereocenters. The van der Waals surface area contributed by atoms with Gasteiger partial charge in [-0.2, -0.15) is 5.10 Å². The van der Waals surface area contributed by atoms with Gasteiger partial charge in [0.2, 0.25) is 0 Å². The van der Waals surface area contributed by atoms with Crippen molar-refractivity contribution in [2.24, 2.45) is 5.41 Å². The Bertz CT molecular complexity index is 778. The summed E-state index contributed by atoms with van der Waals surface area (Å²) in [7, 11) is 0. The number of hydrogen-bond acceptors (Lipinski definition) is 5. The molecule has 0 bridgehead atoms. The minimum atomic E-state index is -2.47. The Hall–Kier alpha value is -1.64. The first-order valence-corrected chi connectivity index (χ1v) is 9.04. The maximum atomic E-state index is 14.4. The number of benzene rings is 1. The Morgan fingerprint density at radius 2 is 2.12 bits per heavy atom. The third kappa shape index (κ3) is 2.40. The van der Waals surface area contributed by atoms with Crippen molar-refractivity contribution in [1.29, 1.82) is 0 Å². The van der Waals surface area contributed by atoms with Crippen LogP contribution in [0.25, 0.3) is 0 Å². The van der Waals surface area contributed by atoms with E-state index in [0.717, 1.165) is 5.56 Å². The summed E-state index contributed by atoms with van der Waals surface area (Å²) in [6.45, 7) is -0.239. The Kier molecular flexibility index (Phi) is 3.78. The van der Waals surface area contributed by atoms with Gasteiger partial charge in [0.05, 0.1) is 17.9 Å². The Labute approximate surface area is 141 Å². The number of alkyl halides is 1. The summed E-state index contributed by atoms with van der Waals surface area (Å²) in [5, 5.41) is 12.9. The lowest BCUT2D eigenvalue weighted by Crippen LogP contribution is -2.24. The van der Waals surface area contributed by atoms with Gasteiger partial charge in [0, 0.05) is 11.8 Å². The molecule has 1 aromatic heterocycles. The molecule has 1 aliphatic carbocycles. The molecule has 0 spiro atoms. The van der Waals surface area contributed by atoms with Crippen molar-refractivity contribution >= 4 is 11.1 Å². The van der Waals surface area contributed by atoms with E-state index in [0.29, 0.717) is 12.8 Å². The lowest BCUT2D eigenvalue weighted by molar-refractivity contribution is 0.202. The SMILES string of the molecule is O=S([O-])C(c1nc2n(n1)[C@H](c1ccccc1)C[C@@H]2F)C1(CO)CC1. The van der Waals surface area contributed by atoms with Crippen molar-refractivity contribution < 1.29 is 18.3 Å². The highest BCUT2D eigenvalue weighted by Gasteiger charge is 2.52. The zero-order valence-electron chi connectivity index (χ0n) is 12.8. The average Bonchev–Trinajstić information content (AvgIpc) is 3.14. The fraction of sp³-hybridized carbons (Fsp3) is 0.500. The van der Waals surface area contributed by atoms with Gasteiger partial charge in [0.15, 0.2) is 17.8 Å². The Balaban J connectivity index is 1.74. The predicted molar refractivity (Wildman–Crippen MR) is 83.5 cm³/mol. The van der Waals surface area contributed by atoms with Crippen molar-refractivity contribution in [3.05, 3.63) is 47.5 Å². The number of hydrogen-bond donors (Lipinski definition) is 1. The van der Waals surface area contributed by atoms with Gasteiger partial charge in [-0.25, -0.2) is 14.1 Å². The molecule has 1 N–H and O–H groups in total. The predicted octanol–water partition coefficient (Wildman–Crippen LogP) is 1.97. The molecular weight excluding hydrogens is 333 g/mol. The van der Waals surface area contributed by atoms with Crippen molar-refractivity contribution in [2.45, 2.75) is 36.7 Å². The van der Waals surface area contributed by atoms with Crippen LogP contribution in [0.15, 0.2) is 30.3 Å². The number of aromatic nitrogens is 3. The molecule has 8 heteroatoms. The first-order chi connectivity index (χ1) is 11.6. The van der Waals surface area contributed by atoms with E-state index in [2.05, 4.69) is 10.1 Å². The molecule has 2 aliphatic rings. The lowest BCUT2D eigenvalue weighted by atomic mass is 10.0.